The van der Waals surface area contributed by atoms with Crippen molar-refractivity contribution in [3.63, 3.8) is 0 Å². The molecule has 104 valence electrons. The average Bonchev–Trinajstić information content (AvgIpc) is 2.56. The summed E-state index contributed by atoms with van der Waals surface area (Å²) in [6, 6.07) is 0. The standard InChI is InChI=1S/C14H19NO4/c1-8(2)12(17)15-13(18)9-6-4-3-5-7-10(16)11(9)14(15)19/h9-11,16H,1,3-7H2,2H3. The average molecular weight is 265 g/mol. The van der Waals surface area contributed by atoms with Crippen LogP contribution in [0.15, 0.2) is 12.2 Å². The maximum absolute atomic E-state index is 12.3. The summed E-state index contributed by atoms with van der Waals surface area (Å²) in [5, 5.41) is 10.1. The van der Waals surface area contributed by atoms with Crippen molar-refractivity contribution in [1.29, 1.82) is 0 Å². The van der Waals surface area contributed by atoms with Crippen LogP contribution < -0.4 is 0 Å². The molecule has 2 aliphatic rings. The van der Waals surface area contributed by atoms with E-state index in [-0.39, 0.29) is 5.57 Å². The first-order valence-corrected chi connectivity index (χ1v) is 6.71. The molecule has 5 heteroatoms. The lowest BCUT2D eigenvalue weighted by atomic mass is 9.81. The number of carbonyl (C=O) groups excluding carboxylic acids is 3. The second-order valence-electron chi connectivity index (χ2n) is 5.44. The molecule has 0 aromatic rings. The molecule has 0 aromatic carbocycles. The SMILES string of the molecule is C=C(C)C(=O)N1C(=O)C2CCCCCC(O)C2C1=O. The fourth-order valence-corrected chi connectivity index (χ4v) is 2.95. The summed E-state index contributed by atoms with van der Waals surface area (Å²) in [4.78, 5) is 37.1. The van der Waals surface area contributed by atoms with E-state index in [1.807, 2.05) is 0 Å². The van der Waals surface area contributed by atoms with Crippen LogP contribution in [0.3, 0.4) is 0 Å². The van der Waals surface area contributed by atoms with Gasteiger partial charge < -0.3 is 5.11 Å². The van der Waals surface area contributed by atoms with Crippen molar-refractivity contribution in [2.45, 2.75) is 45.1 Å². The number of rotatable bonds is 1. The van der Waals surface area contributed by atoms with Gasteiger partial charge in [0.05, 0.1) is 17.9 Å². The van der Waals surface area contributed by atoms with Gasteiger partial charge in [0, 0.05) is 5.57 Å². The van der Waals surface area contributed by atoms with Gasteiger partial charge in [-0.25, -0.2) is 4.90 Å². The molecule has 2 fully saturated rings. The Morgan fingerprint density at radius 1 is 1.21 bits per heavy atom. The van der Waals surface area contributed by atoms with Crippen LogP contribution in [-0.4, -0.2) is 33.8 Å². The molecule has 3 amide bonds. The smallest absolute Gasteiger partial charge is 0.262 e. The van der Waals surface area contributed by atoms with Crippen LogP contribution in [0, 0.1) is 11.8 Å². The number of imide groups is 3. The predicted molar refractivity (Wildman–Crippen MR) is 67.7 cm³/mol. The number of hydrogen-bond acceptors (Lipinski definition) is 4. The Morgan fingerprint density at radius 3 is 2.47 bits per heavy atom. The molecule has 0 radical (unpaired) electrons. The van der Waals surface area contributed by atoms with Gasteiger partial charge in [-0.1, -0.05) is 25.8 Å². The normalized spacial score (nSPS) is 31.7. The first-order valence-electron chi connectivity index (χ1n) is 6.71. The number of aliphatic hydroxyl groups is 1. The Bertz CT molecular complexity index is 443. The van der Waals surface area contributed by atoms with E-state index in [1.54, 1.807) is 0 Å². The fraction of sp³-hybridized carbons (Fsp3) is 0.643. The molecule has 1 aliphatic heterocycles. The molecular formula is C14H19NO4. The van der Waals surface area contributed by atoms with Crippen LogP contribution >= 0.6 is 0 Å². The van der Waals surface area contributed by atoms with Gasteiger partial charge in [0.1, 0.15) is 0 Å². The minimum Gasteiger partial charge on any atom is -0.392 e. The fourth-order valence-electron chi connectivity index (χ4n) is 2.95. The second kappa shape index (κ2) is 5.25. The minimum atomic E-state index is -0.829. The van der Waals surface area contributed by atoms with E-state index in [2.05, 4.69) is 6.58 Å². The van der Waals surface area contributed by atoms with Crippen LogP contribution in [0.2, 0.25) is 0 Å². The summed E-state index contributed by atoms with van der Waals surface area (Å²) >= 11 is 0. The largest absolute Gasteiger partial charge is 0.392 e. The Kier molecular flexibility index (Phi) is 3.85. The van der Waals surface area contributed by atoms with Crippen molar-refractivity contribution >= 4 is 17.7 Å². The molecular weight excluding hydrogens is 246 g/mol. The number of likely N-dealkylation sites (tertiary alicyclic amines) is 1. The highest BCUT2D eigenvalue weighted by Crippen LogP contribution is 2.36. The van der Waals surface area contributed by atoms with Crippen molar-refractivity contribution in [3.05, 3.63) is 12.2 Å². The Hall–Kier alpha value is -1.49. The molecule has 5 nitrogen and oxygen atoms in total. The second-order valence-corrected chi connectivity index (χ2v) is 5.44. The third-order valence-corrected chi connectivity index (χ3v) is 3.97. The molecule has 0 bridgehead atoms. The molecule has 3 atom stereocenters. The van der Waals surface area contributed by atoms with Gasteiger partial charge in [-0.15, -0.1) is 0 Å². The Morgan fingerprint density at radius 2 is 1.84 bits per heavy atom. The predicted octanol–water partition coefficient (Wildman–Crippen LogP) is 1.02. The first-order chi connectivity index (χ1) is 8.95. The highest BCUT2D eigenvalue weighted by molar-refractivity contribution is 6.20. The van der Waals surface area contributed by atoms with Crippen molar-refractivity contribution in [2.24, 2.45) is 11.8 Å². The van der Waals surface area contributed by atoms with E-state index in [4.69, 9.17) is 0 Å². The highest BCUT2D eigenvalue weighted by Gasteiger charge is 2.52. The quantitative estimate of drug-likeness (QED) is 0.567. The van der Waals surface area contributed by atoms with Gasteiger partial charge in [0.15, 0.2) is 0 Å². The summed E-state index contributed by atoms with van der Waals surface area (Å²) in [6.07, 6.45) is 2.88. The lowest BCUT2D eigenvalue weighted by Gasteiger charge is -2.23. The Balaban J connectivity index is 2.32. The van der Waals surface area contributed by atoms with Gasteiger partial charge in [0.2, 0.25) is 11.8 Å². The summed E-state index contributed by atoms with van der Waals surface area (Å²) in [5.74, 6) is -2.97. The molecule has 1 saturated heterocycles. The summed E-state index contributed by atoms with van der Waals surface area (Å²) in [5.41, 5.74) is 0.158. The molecule has 1 heterocycles. The molecule has 1 N–H and O–H groups in total. The zero-order chi connectivity index (χ0) is 14.2. The molecule has 1 aliphatic carbocycles. The van der Waals surface area contributed by atoms with E-state index in [9.17, 15) is 19.5 Å². The number of nitrogens with zero attached hydrogens (tertiary/aromatic N) is 1. The van der Waals surface area contributed by atoms with Gasteiger partial charge in [-0.2, -0.15) is 0 Å². The van der Waals surface area contributed by atoms with Gasteiger partial charge in [-0.3, -0.25) is 14.4 Å². The number of amides is 3. The van der Waals surface area contributed by atoms with Crippen molar-refractivity contribution < 1.29 is 19.5 Å². The lowest BCUT2D eigenvalue weighted by molar-refractivity contribution is -0.149. The van der Waals surface area contributed by atoms with Crippen LogP contribution in [0.1, 0.15) is 39.0 Å². The summed E-state index contributed by atoms with van der Waals surface area (Å²) in [7, 11) is 0. The van der Waals surface area contributed by atoms with Crippen LogP contribution in [-0.2, 0) is 14.4 Å². The number of fused-ring (bicyclic) bond motifs is 1. The van der Waals surface area contributed by atoms with Crippen molar-refractivity contribution in [3.8, 4) is 0 Å². The maximum Gasteiger partial charge on any atom is 0.262 e. The van der Waals surface area contributed by atoms with Crippen LogP contribution in [0.4, 0.5) is 0 Å². The van der Waals surface area contributed by atoms with Crippen molar-refractivity contribution in [1.82, 2.24) is 4.90 Å². The number of carbonyl (C=O) groups is 3. The van der Waals surface area contributed by atoms with Crippen LogP contribution in [0.25, 0.3) is 0 Å². The molecule has 2 rings (SSSR count). The lowest BCUT2D eigenvalue weighted by Crippen LogP contribution is -2.38. The van der Waals surface area contributed by atoms with Crippen molar-refractivity contribution in [2.75, 3.05) is 0 Å². The van der Waals surface area contributed by atoms with Gasteiger partial charge in [-0.05, 0) is 19.8 Å². The third kappa shape index (κ3) is 2.34. The van der Waals surface area contributed by atoms with Crippen LogP contribution in [0.5, 0.6) is 0 Å². The zero-order valence-corrected chi connectivity index (χ0v) is 11.1. The van der Waals surface area contributed by atoms with Gasteiger partial charge in [0.25, 0.3) is 5.91 Å². The summed E-state index contributed by atoms with van der Waals surface area (Å²) < 4.78 is 0. The van der Waals surface area contributed by atoms with Gasteiger partial charge >= 0.3 is 0 Å². The number of aliphatic hydroxyl groups excluding tert-OH is 1. The molecule has 3 unspecified atom stereocenters. The van der Waals surface area contributed by atoms with E-state index >= 15 is 0 Å². The monoisotopic (exact) mass is 265 g/mol. The van der Waals surface area contributed by atoms with E-state index in [0.717, 1.165) is 19.3 Å². The Labute approximate surface area is 112 Å². The molecule has 1 saturated carbocycles. The maximum atomic E-state index is 12.3. The van der Waals surface area contributed by atoms with E-state index in [0.29, 0.717) is 17.7 Å². The topological polar surface area (TPSA) is 74.7 Å². The first kappa shape index (κ1) is 13.9. The highest BCUT2D eigenvalue weighted by atomic mass is 16.3. The van der Waals surface area contributed by atoms with E-state index < -0.39 is 35.7 Å². The molecule has 0 aromatic heterocycles. The third-order valence-electron chi connectivity index (χ3n) is 3.97. The minimum absolute atomic E-state index is 0.158. The summed E-state index contributed by atoms with van der Waals surface area (Å²) in [6.45, 7) is 4.96. The number of hydrogen-bond donors (Lipinski definition) is 1. The molecule has 19 heavy (non-hydrogen) atoms. The molecule has 0 spiro atoms. The van der Waals surface area contributed by atoms with E-state index in [1.165, 1.54) is 6.92 Å². The zero-order valence-electron chi connectivity index (χ0n) is 11.1.